The van der Waals surface area contributed by atoms with Crippen LogP contribution in [0, 0.1) is 0 Å². The Balaban J connectivity index is 2.82. The third kappa shape index (κ3) is 2.08. The highest BCUT2D eigenvalue weighted by atomic mass is 19.4. The van der Waals surface area contributed by atoms with E-state index in [9.17, 15) is 18.0 Å². The summed E-state index contributed by atoms with van der Waals surface area (Å²) in [5.41, 5.74) is -2.20. The van der Waals surface area contributed by atoms with Gasteiger partial charge in [-0.05, 0) is 12.1 Å². The van der Waals surface area contributed by atoms with Crippen LogP contribution in [-0.2, 0) is 6.18 Å². The van der Waals surface area contributed by atoms with Crippen LogP contribution in [0.2, 0.25) is 0 Å². The Hall–Kier alpha value is -2.05. The molecule has 0 radical (unpaired) electrons. The smallest absolute Gasteiger partial charge is 0.432 e. The number of alkyl halides is 3. The van der Waals surface area contributed by atoms with E-state index in [1.54, 1.807) is 4.98 Å². The normalized spacial score (nSPS) is 11.8. The monoisotopic (exact) mass is 244 g/mol. The maximum atomic E-state index is 12.7. The van der Waals surface area contributed by atoms with Crippen LogP contribution in [-0.4, -0.2) is 17.1 Å². The summed E-state index contributed by atoms with van der Waals surface area (Å²) in [4.78, 5) is 16.2. The zero-order chi connectivity index (χ0) is 12.6. The molecular weight excluding hydrogens is 237 g/mol. The van der Waals surface area contributed by atoms with Crippen LogP contribution >= 0.6 is 0 Å². The van der Waals surface area contributed by atoms with Gasteiger partial charge in [-0.2, -0.15) is 18.2 Å². The van der Waals surface area contributed by atoms with Crippen molar-refractivity contribution in [3.63, 3.8) is 0 Å². The zero-order valence-electron chi connectivity index (χ0n) is 8.63. The molecule has 0 amide bonds. The fraction of sp³-hybridized carbons (Fsp3) is 0.200. The Morgan fingerprint density at radius 3 is 2.65 bits per heavy atom. The zero-order valence-corrected chi connectivity index (χ0v) is 8.63. The number of nitrogens with zero attached hydrogens (tertiary/aromatic N) is 1. The van der Waals surface area contributed by atoms with Crippen LogP contribution < -0.4 is 10.4 Å². The maximum absolute atomic E-state index is 12.7. The molecule has 0 aliphatic carbocycles. The summed E-state index contributed by atoms with van der Waals surface area (Å²) in [6, 6.07) is 3.86. The third-order valence-electron chi connectivity index (χ3n) is 2.21. The van der Waals surface area contributed by atoms with Crippen molar-refractivity contribution >= 4 is 10.9 Å². The van der Waals surface area contributed by atoms with Crippen molar-refractivity contribution in [2.45, 2.75) is 6.18 Å². The Labute approximate surface area is 93.1 Å². The highest BCUT2D eigenvalue weighted by Crippen LogP contribution is 2.32. The van der Waals surface area contributed by atoms with E-state index in [4.69, 9.17) is 4.74 Å². The van der Waals surface area contributed by atoms with Gasteiger partial charge >= 0.3 is 11.9 Å². The molecule has 7 heteroatoms. The number of aromatic nitrogens is 2. The summed E-state index contributed by atoms with van der Waals surface area (Å²) >= 11 is 0. The highest BCUT2D eigenvalue weighted by Gasteiger charge is 2.34. The van der Waals surface area contributed by atoms with Crippen molar-refractivity contribution in [3.8, 4) is 5.75 Å². The third-order valence-corrected chi connectivity index (χ3v) is 2.21. The lowest BCUT2D eigenvalue weighted by Crippen LogP contribution is -2.19. The summed E-state index contributed by atoms with van der Waals surface area (Å²) in [5, 5.41) is -0.169. The minimum Gasteiger partial charge on any atom is -0.497 e. The van der Waals surface area contributed by atoms with Crippen molar-refractivity contribution < 1.29 is 17.9 Å². The number of hydrogen-bond acceptors (Lipinski definition) is 3. The van der Waals surface area contributed by atoms with Crippen molar-refractivity contribution in [1.82, 2.24) is 9.97 Å². The molecule has 0 saturated carbocycles. The molecule has 4 nitrogen and oxygen atoms in total. The first-order valence-corrected chi connectivity index (χ1v) is 4.57. The second-order valence-corrected chi connectivity index (χ2v) is 3.30. The molecule has 0 aliphatic heterocycles. The van der Waals surface area contributed by atoms with Gasteiger partial charge in [0.2, 0.25) is 0 Å². The van der Waals surface area contributed by atoms with Gasteiger partial charge in [-0.1, -0.05) is 0 Å². The Bertz CT molecular complexity index is 619. The predicted octanol–water partition coefficient (Wildman–Crippen LogP) is 1.95. The molecule has 1 aromatic heterocycles. The summed E-state index contributed by atoms with van der Waals surface area (Å²) in [7, 11) is 1.37. The average Bonchev–Trinajstić information content (AvgIpc) is 2.25. The number of halogens is 3. The van der Waals surface area contributed by atoms with E-state index in [0.29, 0.717) is 5.75 Å². The quantitative estimate of drug-likeness (QED) is 0.834. The van der Waals surface area contributed by atoms with Crippen LogP contribution in [0.1, 0.15) is 5.69 Å². The molecule has 0 atom stereocenters. The molecule has 0 unspecified atom stereocenters. The van der Waals surface area contributed by atoms with Gasteiger partial charge in [-0.15, -0.1) is 0 Å². The lowest BCUT2D eigenvalue weighted by molar-refractivity contribution is -0.140. The number of hydrogen-bond donors (Lipinski definition) is 1. The Morgan fingerprint density at radius 1 is 1.35 bits per heavy atom. The van der Waals surface area contributed by atoms with Gasteiger partial charge in [0.15, 0.2) is 0 Å². The molecule has 1 N–H and O–H groups in total. The topological polar surface area (TPSA) is 55.0 Å². The number of nitrogens with one attached hydrogen (secondary N) is 1. The van der Waals surface area contributed by atoms with Gasteiger partial charge < -0.3 is 9.72 Å². The van der Waals surface area contributed by atoms with Crippen LogP contribution in [0.5, 0.6) is 5.75 Å². The molecule has 2 aromatic rings. The standard InChI is InChI=1S/C10H7F3N2O2/c1-17-5-2-3-6-7(4-5)14-9(16)15-8(6)10(11,12)13/h2-4H,1H3,(H,14,15,16). The van der Waals surface area contributed by atoms with Crippen LogP contribution in [0.25, 0.3) is 10.9 Å². The first-order chi connectivity index (χ1) is 7.91. The van der Waals surface area contributed by atoms with Gasteiger partial charge in [0.25, 0.3) is 0 Å². The minimum atomic E-state index is -4.63. The Morgan fingerprint density at radius 2 is 2.06 bits per heavy atom. The second-order valence-electron chi connectivity index (χ2n) is 3.30. The van der Waals surface area contributed by atoms with E-state index in [1.165, 1.54) is 25.3 Å². The van der Waals surface area contributed by atoms with Crippen molar-refractivity contribution in [3.05, 3.63) is 34.4 Å². The van der Waals surface area contributed by atoms with Crippen LogP contribution in [0.15, 0.2) is 23.0 Å². The van der Waals surface area contributed by atoms with E-state index < -0.39 is 17.6 Å². The molecular formula is C10H7F3N2O2. The van der Waals surface area contributed by atoms with Crippen molar-refractivity contribution in [2.24, 2.45) is 0 Å². The van der Waals surface area contributed by atoms with Crippen molar-refractivity contribution in [1.29, 1.82) is 0 Å². The lowest BCUT2D eigenvalue weighted by atomic mass is 10.2. The van der Waals surface area contributed by atoms with Crippen LogP contribution in [0.3, 0.4) is 0 Å². The van der Waals surface area contributed by atoms with Gasteiger partial charge in [0.05, 0.1) is 12.6 Å². The molecule has 0 aliphatic rings. The van der Waals surface area contributed by atoms with Gasteiger partial charge in [-0.25, -0.2) is 4.79 Å². The largest absolute Gasteiger partial charge is 0.497 e. The van der Waals surface area contributed by atoms with E-state index >= 15 is 0 Å². The number of aromatic amines is 1. The lowest BCUT2D eigenvalue weighted by Gasteiger charge is -2.09. The Kier molecular flexibility index (Phi) is 2.53. The van der Waals surface area contributed by atoms with Gasteiger partial charge in [-0.3, -0.25) is 0 Å². The summed E-state index contributed by atoms with van der Waals surface area (Å²) in [6.45, 7) is 0. The molecule has 0 saturated heterocycles. The summed E-state index contributed by atoms with van der Waals surface area (Å²) < 4.78 is 42.8. The van der Waals surface area contributed by atoms with Gasteiger partial charge in [0.1, 0.15) is 11.4 Å². The molecule has 90 valence electrons. The minimum absolute atomic E-state index is 0.0552. The number of H-pyrrole nitrogens is 1. The van der Waals surface area contributed by atoms with E-state index in [-0.39, 0.29) is 10.9 Å². The maximum Gasteiger partial charge on any atom is 0.432 e. The highest BCUT2D eigenvalue weighted by molar-refractivity contribution is 5.82. The number of ether oxygens (including phenoxy) is 1. The van der Waals surface area contributed by atoms with E-state index in [2.05, 4.69) is 4.98 Å². The molecule has 0 spiro atoms. The van der Waals surface area contributed by atoms with E-state index in [1.807, 2.05) is 0 Å². The summed E-state index contributed by atoms with van der Waals surface area (Å²) in [6.07, 6.45) is -4.63. The molecule has 1 heterocycles. The predicted molar refractivity (Wildman–Crippen MR) is 53.9 cm³/mol. The molecule has 2 rings (SSSR count). The fourth-order valence-electron chi connectivity index (χ4n) is 1.48. The van der Waals surface area contributed by atoms with Gasteiger partial charge in [0, 0.05) is 11.5 Å². The molecule has 17 heavy (non-hydrogen) atoms. The van der Waals surface area contributed by atoms with Crippen molar-refractivity contribution in [2.75, 3.05) is 7.11 Å². The molecule has 1 aromatic carbocycles. The number of fused-ring (bicyclic) bond motifs is 1. The second kappa shape index (κ2) is 3.76. The fourth-order valence-corrected chi connectivity index (χ4v) is 1.48. The van der Waals surface area contributed by atoms with E-state index in [0.717, 1.165) is 0 Å². The summed E-state index contributed by atoms with van der Waals surface area (Å²) in [5.74, 6) is 0.337. The number of methoxy groups -OCH3 is 1. The first kappa shape index (κ1) is 11.4. The molecule has 0 fully saturated rings. The average molecular weight is 244 g/mol. The SMILES string of the molecule is COc1ccc2c(C(F)(F)F)[nH]c(=O)nc2c1. The number of benzene rings is 1. The number of rotatable bonds is 1. The molecule has 0 bridgehead atoms. The van der Waals surface area contributed by atoms with Crippen LogP contribution in [0.4, 0.5) is 13.2 Å². The first-order valence-electron chi connectivity index (χ1n) is 4.57.